The zero-order valence-electron chi connectivity index (χ0n) is 16.3. The minimum absolute atomic E-state index is 0.327. The van der Waals surface area contributed by atoms with E-state index in [2.05, 4.69) is 32.9 Å². The molecule has 5 heteroatoms. The molecule has 0 amide bonds. The van der Waals surface area contributed by atoms with Gasteiger partial charge in [0.05, 0.1) is 13.7 Å². The normalized spacial score (nSPS) is 12.5. The lowest BCUT2D eigenvalue weighted by Crippen LogP contribution is -2.24. The molecule has 0 unspecified atom stereocenters. The Labute approximate surface area is 160 Å². The maximum absolute atomic E-state index is 13.0. The molecule has 0 bridgehead atoms. The Hall–Kier alpha value is -1.85. The standard InChI is InChI=1S/C21H28NO2SSi/c1-6-26(7-2)21(20-11-9-8-10-18(20)4)16-22(5)25(23,24)19-14-12-17(3)13-15-19/h8-16H,6-7H2,1-5H3/b21-16-. The SMILES string of the molecule is CC[Si](CC)/C(=C\N(C)S(=O)(=O)c1ccc(C)cc1)c1ccccc1C. The molecule has 0 fully saturated rings. The fraction of sp³-hybridized carbons (Fsp3) is 0.333. The molecule has 2 rings (SSSR count). The van der Waals surface area contributed by atoms with Crippen LogP contribution in [0.4, 0.5) is 0 Å². The highest BCUT2D eigenvalue weighted by Crippen LogP contribution is 2.27. The Morgan fingerprint density at radius 3 is 2.12 bits per heavy atom. The van der Waals surface area contributed by atoms with E-state index in [1.54, 1.807) is 19.2 Å². The van der Waals surface area contributed by atoms with E-state index in [1.807, 2.05) is 37.4 Å². The van der Waals surface area contributed by atoms with Crippen molar-refractivity contribution in [3.8, 4) is 0 Å². The van der Waals surface area contributed by atoms with E-state index >= 15 is 0 Å². The highest BCUT2D eigenvalue weighted by molar-refractivity contribution is 7.89. The zero-order valence-corrected chi connectivity index (χ0v) is 18.1. The van der Waals surface area contributed by atoms with E-state index in [-0.39, 0.29) is 0 Å². The van der Waals surface area contributed by atoms with Crippen molar-refractivity contribution in [2.24, 2.45) is 0 Å². The second kappa shape index (κ2) is 8.69. The van der Waals surface area contributed by atoms with Gasteiger partial charge in [-0.1, -0.05) is 67.9 Å². The summed E-state index contributed by atoms with van der Waals surface area (Å²) in [5, 5.41) is 1.18. The van der Waals surface area contributed by atoms with E-state index in [1.165, 1.54) is 15.1 Å². The van der Waals surface area contributed by atoms with Gasteiger partial charge in [-0.15, -0.1) is 0 Å². The van der Waals surface area contributed by atoms with Crippen molar-refractivity contribution < 1.29 is 8.42 Å². The summed E-state index contributed by atoms with van der Waals surface area (Å²) >= 11 is 0. The van der Waals surface area contributed by atoms with E-state index in [4.69, 9.17) is 0 Å². The van der Waals surface area contributed by atoms with Gasteiger partial charge in [0.1, 0.15) is 0 Å². The molecule has 3 nitrogen and oxygen atoms in total. The van der Waals surface area contributed by atoms with Crippen LogP contribution in [-0.4, -0.2) is 28.6 Å². The second-order valence-corrected chi connectivity index (χ2v) is 11.7. The first-order valence-electron chi connectivity index (χ1n) is 8.98. The molecule has 0 aliphatic rings. The van der Waals surface area contributed by atoms with Gasteiger partial charge in [0.2, 0.25) is 0 Å². The average Bonchev–Trinajstić information content (AvgIpc) is 2.62. The van der Waals surface area contributed by atoms with Gasteiger partial charge in [0.15, 0.2) is 0 Å². The maximum atomic E-state index is 13.0. The molecule has 139 valence electrons. The van der Waals surface area contributed by atoms with Gasteiger partial charge in [0, 0.05) is 13.2 Å². The summed E-state index contributed by atoms with van der Waals surface area (Å²) in [4.78, 5) is 0.327. The van der Waals surface area contributed by atoms with Gasteiger partial charge in [0.25, 0.3) is 10.0 Å². The highest BCUT2D eigenvalue weighted by Gasteiger charge is 2.22. The fourth-order valence-electron chi connectivity index (χ4n) is 2.98. The molecule has 0 aromatic heterocycles. The molecule has 0 aliphatic carbocycles. The first-order chi connectivity index (χ1) is 12.3. The van der Waals surface area contributed by atoms with Crippen molar-refractivity contribution in [3.05, 3.63) is 71.4 Å². The summed E-state index contributed by atoms with van der Waals surface area (Å²) in [7, 11) is -2.74. The summed E-state index contributed by atoms with van der Waals surface area (Å²) in [6.45, 7) is 8.42. The van der Waals surface area contributed by atoms with E-state index in [0.717, 1.165) is 23.2 Å². The maximum Gasteiger partial charge on any atom is 0.263 e. The Kier molecular flexibility index (Phi) is 6.84. The van der Waals surface area contributed by atoms with E-state index in [9.17, 15) is 8.42 Å². The first-order valence-corrected chi connectivity index (χ1v) is 12.3. The van der Waals surface area contributed by atoms with Crippen molar-refractivity contribution in [1.29, 1.82) is 0 Å². The van der Waals surface area contributed by atoms with Crippen LogP contribution in [0.5, 0.6) is 0 Å². The van der Waals surface area contributed by atoms with E-state index < -0.39 is 18.8 Å². The van der Waals surface area contributed by atoms with Crippen LogP contribution >= 0.6 is 0 Å². The predicted molar refractivity (Wildman–Crippen MR) is 112 cm³/mol. The van der Waals surface area contributed by atoms with Crippen LogP contribution in [-0.2, 0) is 10.0 Å². The molecule has 1 radical (unpaired) electrons. The zero-order chi connectivity index (χ0) is 19.3. The highest BCUT2D eigenvalue weighted by atomic mass is 32.2. The van der Waals surface area contributed by atoms with E-state index in [0.29, 0.717) is 4.90 Å². The van der Waals surface area contributed by atoms with Crippen LogP contribution in [0.1, 0.15) is 30.5 Å². The molecule has 0 spiro atoms. The largest absolute Gasteiger partial charge is 0.277 e. The molecule has 26 heavy (non-hydrogen) atoms. The van der Waals surface area contributed by atoms with Crippen molar-refractivity contribution in [3.63, 3.8) is 0 Å². The second-order valence-electron chi connectivity index (χ2n) is 6.50. The summed E-state index contributed by atoms with van der Waals surface area (Å²) in [6, 6.07) is 17.4. The minimum atomic E-state index is -3.55. The molecule has 2 aromatic carbocycles. The number of benzene rings is 2. The van der Waals surface area contributed by atoms with Crippen LogP contribution in [0.25, 0.3) is 5.20 Å². The van der Waals surface area contributed by atoms with Gasteiger partial charge in [-0.05, 0) is 42.3 Å². The van der Waals surface area contributed by atoms with Crippen molar-refractivity contribution in [1.82, 2.24) is 4.31 Å². The third-order valence-electron chi connectivity index (χ3n) is 4.68. The third kappa shape index (κ3) is 4.46. The lowest BCUT2D eigenvalue weighted by molar-refractivity contribution is 0.539. The molecule has 0 heterocycles. The van der Waals surface area contributed by atoms with Gasteiger partial charge in [-0.2, -0.15) is 0 Å². The molecule has 0 aliphatic heterocycles. The summed E-state index contributed by atoms with van der Waals surface area (Å²) in [5.74, 6) is 0. The topological polar surface area (TPSA) is 37.4 Å². The Balaban J connectivity index is 2.51. The molecule has 2 aromatic rings. The number of hydrogen-bond acceptors (Lipinski definition) is 2. The lowest BCUT2D eigenvalue weighted by Gasteiger charge is -2.22. The first kappa shape index (κ1) is 20.5. The lowest BCUT2D eigenvalue weighted by atomic mass is 10.1. The van der Waals surface area contributed by atoms with Gasteiger partial charge in [-0.25, -0.2) is 8.42 Å². The Bertz CT molecular complexity index is 869. The quantitative estimate of drug-likeness (QED) is 0.625. The van der Waals surface area contributed by atoms with Gasteiger partial charge < -0.3 is 0 Å². The number of rotatable bonds is 7. The fourth-order valence-corrected chi connectivity index (χ4v) is 6.43. The van der Waals surface area contributed by atoms with Crippen LogP contribution in [0.3, 0.4) is 0 Å². The Morgan fingerprint density at radius 2 is 1.58 bits per heavy atom. The van der Waals surface area contributed by atoms with Crippen LogP contribution in [0, 0.1) is 13.8 Å². The van der Waals surface area contributed by atoms with Crippen molar-refractivity contribution >= 4 is 24.0 Å². The van der Waals surface area contributed by atoms with Crippen LogP contribution in [0.2, 0.25) is 12.1 Å². The third-order valence-corrected chi connectivity index (χ3v) is 9.28. The minimum Gasteiger partial charge on any atom is -0.277 e. The van der Waals surface area contributed by atoms with Gasteiger partial charge in [-0.3, -0.25) is 4.31 Å². The van der Waals surface area contributed by atoms with Crippen molar-refractivity contribution in [2.45, 2.75) is 44.7 Å². The smallest absolute Gasteiger partial charge is 0.263 e. The average molecular weight is 387 g/mol. The summed E-state index contributed by atoms with van der Waals surface area (Å²) in [6.07, 6.45) is 1.85. The Morgan fingerprint density at radius 1 is 1.00 bits per heavy atom. The molecular formula is C21H28NO2SSi. The molecule has 0 atom stereocenters. The number of hydrogen-bond donors (Lipinski definition) is 0. The molecule has 0 saturated carbocycles. The number of sulfonamides is 1. The van der Waals surface area contributed by atoms with Crippen molar-refractivity contribution in [2.75, 3.05) is 7.05 Å². The summed E-state index contributed by atoms with van der Waals surface area (Å²) in [5.41, 5.74) is 3.39. The molecular weight excluding hydrogens is 358 g/mol. The number of nitrogens with zero attached hydrogens (tertiary/aromatic N) is 1. The van der Waals surface area contributed by atoms with Gasteiger partial charge >= 0.3 is 0 Å². The van der Waals surface area contributed by atoms with Crippen LogP contribution in [0.15, 0.2) is 59.6 Å². The number of aryl methyl sites for hydroxylation is 2. The predicted octanol–water partition coefficient (Wildman–Crippen LogP) is 5.04. The summed E-state index contributed by atoms with van der Waals surface area (Å²) < 4.78 is 27.4. The monoisotopic (exact) mass is 386 g/mol. The molecule has 0 saturated heterocycles. The van der Waals surface area contributed by atoms with Crippen LogP contribution < -0.4 is 0 Å². The molecule has 0 N–H and O–H groups in total.